The molecule has 1 spiro atoms. The highest BCUT2D eigenvalue weighted by atomic mass is 32.2. The van der Waals surface area contributed by atoms with Crippen LogP contribution in [-0.2, 0) is 22.1 Å². The lowest BCUT2D eigenvalue weighted by molar-refractivity contribution is 0.185. The molecule has 0 radical (unpaired) electrons. The number of benzene rings is 2. The van der Waals surface area contributed by atoms with Crippen LogP contribution in [0.3, 0.4) is 0 Å². The molecule has 0 amide bonds. The van der Waals surface area contributed by atoms with Crippen molar-refractivity contribution in [2.75, 3.05) is 19.6 Å². The second-order valence-electron chi connectivity index (χ2n) is 7.95. The molecule has 0 N–H and O–H groups in total. The predicted octanol–water partition coefficient (Wildman–Crippen LogP) is 3.20. The molecule has 1 saturated heterocycles. The van der Waals surface area contributed by atoms with E-state index in [2.05, 4.69) is 29.2 Å². The molecule has 4 nitrogen and oxygen atoms in total. The molecule has 5 rings (SSSR count). The van der Waals surface area contributed by atoms with Crippen LogP contribution in [0.5, 0.6) is 0 Å². The van der Waals surface area contributed by atoms with E-state index < -0.39 is 10.0 Å². The second-order valence-corrected chi connectivity index (χ2v) is 9.78. The molecule has 1 saturated carbocycles. The molecule has 0 bridgehead atoms. The van der Waals surface area contributed by atoms with Crippen LogP contribution in [0.15, 0.2) is 59.5 Å². The van der Waals surface area contributed by atoms with Crippen LogP contribution in [0, 0.1) is 5.92 Å². The molecular formula is C21H24N2O2S. The van der Waals surface area contributed by atoms with E-state index in [1.165, 1.54) is 5.56 Å². The summed E-state index contributed by atoms with van der Waals surface area (Å²) in [6.07, 6.45) is 3.20. The van der Waals surface area contributed by atoms with E-state index in [9.17, 15) is 8.42 Å². The lowest BCUT2D eigenvalue weighted by atomic mass is 9.88. The van der Waals surface area contributed by atoms with Gasteiger partial charge in [0.05, 0.1) is 10.4 Å². The minimum absolute atomic E-state index is 0.382. The van der Waals surface area contributed by atoms with Gasteiger partial charge in [0, 0.05) is 26.2 Å². The SMILES string of the molecule is O=S1(=O)c2ccccc2C2(CCN(Cc3ccccc3)C2)N1CC1CC1. The Labute approximate surface area is 155 Å². The molecule has 1 unspecified atom stereocenters. The zero-order valence-electron chi connectivity index (χ0n) is 14.8. The van der Waals surface area contributed by atoms with Crippen molar-refractivity contribution >= 4 is 10.0 Å². The van der Waals surface area contributed by atoms with Crippen molar-refractivity contribution in [2.24, 2.45) is 5.92 Å². The lowest BCUT2D eigenvalue weighted by Crippen LogP contribution is -2.46. The summed E-state index contributed by atoms with van der Waals surface area (Å²) in [6, 6.07) is 18.1. The van der Waals surface area contributed by atoms with Gasteiger partial charge in [0.2, 0.25) is 10.0 Å². The highest BCUT2D eigenvalue weighted by molar-refractivity contribution is 7.89. The summed E-state index contributed by atoms with van der Waals surface area (Å²) >= 11 is 0. The molecule has 2 fully saturated rings. The minimum atomic E-state index is -3.38. The highest BCUT2D eigenvalue weighted by Gasteiger charge is 2.57. The van der Waals surface area contributed by atoms with Crippen molar-refractivity contribution in [1.82, 2.24) is 9.21 Å². The van der Waals surface area contributed by atoms with Crippen molar-refractivity contribution in [2.45, 2.75) is 36.2 Å². The van der Waals surface area contributed by atoms with Crippen LogP contribution in [0.4, 0.5) is 0 Å². The standard InChI is InChI=1S/C21H24N2O2S/c24-26(25)20-9-5-4-8-19(20)21(23(26)15-18-10-11-18)12-13-22(16-21)14-17-6-2-1-3-7-17/h1-9,18H,10-16H2. The van der Waals surface area contributed by atoms with Crippen molar-refractivity contribution in [1.29, 1.82) is 0 Å². The fourth-order valence-corrected chi connectivity index (χ4v) is 6.78. The Morgan fingerprint density at radius 2 is 1.73 bits per heavy atom. The minimum Gasteiger partial charge on any atom is -0.297 e. The zero-order valence-corrected chi connectivity index (χ0v) is 15.7. The molecule has 1 atom stereocenters. The topological polar surface area (TPSA) is 40.6 Å². The summed E-state index contributed by atoms with van der Waals surface area (Å²) in [5.74, 6) is 0.541. The van der Waals surface area contributed by atoms with E-state index in [1.54, 1.807) is 6.07 Å². The van der Waals surface area contributed by atoms with Gasteiger partial charge in [-0.25, -0.2) is 8.42 Å². The molecule has 26 heavy (non-hydrogen) atoms. The highest BCUT2D eigenvalue weighted by Crippen LogP contribution is 2.51. The largest absolute Gasteiger partial charge is 0.297 e. The first-order valence-corrected chi connectivity index (χ1v) is 10.9. The Morgan fingerprint density at radius 3 is 2.50 bits per heavy atom. The van der Waals surface area contributed by atoms with E-state index in [4.69, 9.17) is 0 Å². The first kappa shape index (κ1) is 16.5. The first-order chi connectivity index (χ1) is 12.6. The zero-order chi connectivity index (χ0) is 17.8. The van der Waals surface area contributed by atoms with E-state index in [1.807, 2.05) is 28.6 Å². The van der Waals surface area contributed by atoms with Gasteiger partial charge < -0.3 is 0 Å². The average molecular weight is 369 g/mol. The third-order valence-corrected chi connectivity index (χ3v) is 8.12. The van der Waals surface area contributed by atoms with Gasteiger partial charge in [-0.1, -0.05) is 48.5 Å². The summed E-state index contributed by atoms with van der Waals surface area (Å²) in [6.45, 7) is 3.27. The van der Waals surface area contributed by atoms with Gasteiger partial charge in [-0.2, -0.15) is 4.31 Å². The second kappa shape index (κ2) is 5.91. The summed E-state index contributed by atoms with van der Waals surface area (Å²) in [7, 11) is -3.38. The third kappa shape index (κ3) is 2.53. The summed E-state index contributed by atoms with van der Waals surface area (Å²) < 4.78 is 28.4. The van der Waals surface area contributed by atoms with Gasteiger partial charge in [0.1, 0.15) is 0 Å². The van der Waals surface area contributed by atoms with Gasteiger partial charge >= 0.3 is 0 Å². The Bertz CT molecular complexity index is 924. The molecule has 136 valence electrons. The van der Waals surface area contributed by atoms with Crippen molar-refractivity contribution in [3.05, 3.63) is 65.7 Å². The monoisotopic (exact) mass is 368 g/mol. The van der Waals surface area contributed by atoms with Gasteiger partial charge in [0.15, 0.2) is 0 Å². The summed E-state index contributed by atoms with van der Waals surface area (Å²) in [5.41, 5.74) is 1.91. The van der Waals surface area contributed by atoms with Crippen molar-refractivity contribution in [3.63, 3.8) is 0 Å². The smallest absolute Gasteiger partial charge is 0.244 e. The number of sulfonamides is 1. The molecule has 5 heteroatoms. The van der Waals surface area contributed by atoms with Gasteiger partial charge in [0.25, 0.3) is 0 Å². The summed E-state index contributed by atoms with van der Waals surface area (Å²) in [5, 5.41) is 0. The predicted molar refractivity (Wildman–Crippen MR) is 101 cm³/mol. The number of nitrogens with zero attached hydrogens (tertiary/aromatic N) is 2. The van der Waals surface area contributed by atoms with Crippen molar-refractivity contribution < 1.29 is 8.42 Å². The normalized spacial score (nSPS) is 27.8. The van der Waals surface area contributed by atoms with Gasteiger partial charge in [-0.3, -0.25) is 4.90 Å². The fraction of sp³-hybridized carbons (Fsp3) is 0.429. The van der Waals surface area contributed by atoms with Crippen LogP contribution >= 0.6 is 0 Å². The molecule has 1 aliphatic carbocycles. The Hall–Kier alpha value is -1.69. The van der Waals surface area contributed by atoms with E-state index in [0.29, 0.717) is 17.4 Å². The number of hydrogen-bond donors (Lipinski definition) is 0. The Kier molecular flexibility index (Phi) is 3.75. The van der Waals surface area contributed by atoms with E-state index in [0.717, 1.165) is 44.5 Å². The average Bonchev–Trinajstić information content (AvgIpc) is 3.36. The molecule has 2 heterocycles. The van der Waals surface area contributed by atoms with Gasteiger partial charge in [-0.05, 0) is 42.4 Å². The van der Waals surface area contributed by atoms with Crippen LogP contribution in [0.1, 0.15) is 30.4 Å². The van der Waals surface area contributed by atoms with Crippen LogP contribution in [0.25, 0.3) is 0 Å². The lowest BCUT2D eigenvalue weighted by Gasteiger charge is -2.34. The van der Waals surface area contributed by atoms with Crippen LogP contribution < -0.4 is 0 Å². The molecule has 2 aromatic rings. The van der Waals surface area contributed by atoms with Crippen LogP contribution in [0.2, 0.25) is 0 Å². The number of fused-ring (bicyclic) bond motifs is 2. The number of rotatable bonds is 4. The fourth-order valence-electron chi connectivity index (χ4n) is 4.64. The quantitative estimate of drug-likeness (QED) is 0.832. The van der Waals surface area contributed by atoms with Crippen LogP contribution in [-0.4, -0.2) is 37.3 Å². The first-order valence-electron chi connectivity index (χ1n) is 9.48. The Balaban J connectivity index is 1.51. The maximum absolute atomic E-state index is 13.3. The molecule has 0 aromatic heterocycles. The number of likely N-dealkylation sites (tertiary alicyclic amines) is 1. The van der Waals surface area contributed by atoms with E-state index >= 15 is 0 Å². The van der Waals surface area contributed by atoms with E-state index in [-0.39, 0.29) is 5.54 Å². The molecule has 3 aliphatic rings. The Morgan fingerprint density at radius 1 is 1.00 bits per heavy atom. The number of hydrogen-bond acceptors (Lipinski definition) is 3. The molecule has 2 aliphatic heterocycles. The molecule has 2 aromatic carbocycles. The molecular weight excluding hydrogens is 344 g/mol. The van der Waals surface area contributed by atoms with Gasteiger partial charge in [-0.15, -0.1) is 0 Å². The summed E-state index contributed by atoms with van der Waals surface area (Å²) in [4.78, 5) is 2.94. The maximum Gasteiger partial charge on any atom is 0.244 e. The third-order valence-electron chi connectivity index (χ3n) is 6.13. The maximum atomic E-state index is 13.3. The van der Waals surface area contributed by atoms with Crippen molar-refractivity contribution in [3.8, 4) is 0 Å².